The number of ether oxygens (including phenoxy) is 2. The van der Waals surface area contributed by atoms with E-state index in [1.165, 1.54) is 0 Å². The number of aliphatic hydroxyl groups is 1. The van der Waals surface area contributed by atoms with Gasteiger partial charge in [-0.15, -0.1) is 0 Å². The van der Waals surface area contributed by atoms with E-state index in [9.17, 15) is 0 Å². The van der Waals surface area contributed by atoms with Gasteiger partial charge in [0, 0.05) is 7.11 Å². The van der Waals surface area contributed by atoms with Crippen LogP contribution in [0.2, 0.25) is 0 Å². The van der Waals surface area contributed by atoms with Crippen molar-refractivity contribution in [1.29, 1.82) is 0 Å². The van der Waals surface area contributed by atoms with Gasteiger partial charge in [-0.25, -0.2) is 0 Å². The van der Waals surface area contributed by atoms with Gasteiger partial charge in [0.25, 0.3) is 0 Å². The molecule has 0 aromatic rings. The fourth-order valence-electron chi connectivity index (χ4n) is 0.843. The van der Waals surface area contributed by atoms with Gasteiger partial charge in [0.1, 0.15) is 0 Å². The Morgan fingerprint density at radius 3 is 2.30 bits per heavy atom. The molecule has 1 atom stereocenters. The van der Waals surface area contributed by atoms with Crippen molar-refractivity contribution >= 4 is 0 Å². The average molecular weight is 148 g/mol. The first-order chi connectivity index (χ1) is 4.48. The Kier molecular flexibility index (Phi) is 3.86. The summed E-state index contributed by atoms with van der Waals surface area (Å²) < 4.78 is 9.98. The molecule has 0 saturated carbocycles. The van der Waals surface area contributed by atoms with E-state index in [0.717, 1.165) is 0 Å². The van der Waals surface area contributed by atoms with Crippen molar-refractivity contribution in [3.8, 4) is 0 Å². The van der Waals surface area contributed by atoms with Gasteiger partial charge in [-0.1, -0.05) is 0 Å². The first-order valence-corrected chi connectivity index (χ1v) is 3.33. The topological polar surface area (TPSA) is 38.7 Å². The van der Waals surface area contributed by atoms with Crippen LogP contribution in [0.1, 0.15) is 20.8 Å². The van der Waals surface area contributed by atoms with Crippen LogP contribution in [0.25, 0.3) is 0 Å². The molecule has 0 rings (SSSR count). The van der Waals surface area contributed by atoms with Crippen molar-refractivity contribution in [2.75, 3.05) is 13.7 Å². The largest absolute Gasteiger partial charge is 0.382 e. The van der Waals surface area contributed by atoms with Crippen molar-refractivity contribution in [3.05, 3.63) is 0 Å². The highest BCUT2D eigenvalue weighted by atomic mass is 16.6. The van der Waals surface area contributed by atoms with Gasteiger partial charge >= 0.3 is 0 Å². The molecule has 0 spiro atoms. The summed E-state index contributed by atoms with van der Waals surface area (Å²) in [4.78, 5) is 0. The van der Waals surface area contributed by atoms with Gasteiger partial charge in [0.2, 0.25) is 0 Å². The lowest BCUT2D eigenvalue weighted by Gasteiger charge is -2.25. The highest BCUT2D eigenvalue weighted by molar-refractivity contribution is 4.66. The maximum absolute atomic E-state index is 8.84. The quantitative estimate of drug-likeness (QED) is 0.598. The maximum Gasteiger partial charge on any atom is 0.152 e. The van der Waals surface area contributed by atoms with Crippen LogP contribution < -0.4 is 0 Å². The van der Waals surface area contributed by atoms with Gasteiger partial charge < -0.3 is 14.6 Å². The molecule has 0 bridgehead atoms. The zero-order valence-corrected chi connectivity index (χ0v) is 7.05. The highest BCUT2D eigenvalue weighted by Crippen LogP contribution is 2.10. The van der Waals surface area contributed by atoms with Gasteiger partial charge in [0.05, 0.1) is 12.2 Å². The molecule has 0 fully saturated rings. The van der Waals surface area contributed by atoms with Crippen LogP contribution in [-0.4, -0.2) is 30.7 Å². The molecule has 0 saturated heterocycles. The lowest BCUT2D eigenvalue weighted by atomic mass is 10.1. The van der Waals surface area contributed by atoms with E-state index in [4.69, 9.17) is 14.6 Å². The molecular weight excluding hydrogens is 132 g/mol. The van der Waals surface area contributed by atoms with Crippen LogP contribution in [0.4, 0.5) is 0 Å². The Bertz CT molecular complexity index is 88.9. The molecule has 0 heterocycles. The summed E-state index contributed by atoms with van der Waals surface area (Å²) in [6.45, 7) is 5.79. The molecular formula is C7H16O3. The van der Waals surface area contributed by atoms with E-state index in [-0.39, 0.29) is 0 Å². The second-order valence-corrected chi connectivity index (χ2v) is 2.91. The molecule has 3 heteroatoms. The highest BCUT2D eigenvalue weighted by Gasteiger charge is 2.19. The maximum atomic E-state index is 8.84. The predicted molar refractivity (Wildman–Crippen MR) is 38.7 cm³/mol. The zero-order chi connectivity index (χ0) is 8.20. The zero-order valence-electron chi connectivity index (χ0n) is 7.05. The number of methoxy groups -OCH3 is 1. The van der Waals surface area contributed by atoms with E-state index >= 15 is 0 Å². The van der Waals surface area contributed by atoms with Crippen LogP contribution in [0.3, 0.4) is 0 Å². The van der Waals surface area contributed by atoms with Gasteiger partial charge in [0.15, 0.2) is 6.29 Å². The van der Waals surface area contributed by atoms with Crippen LogP contribution in [0, 0.1) is 0 Å². The first-order valence-electron chi connectivity index (χ1n) is 3.33. The van der Waals surface area contributed by atoms with Crippen molar-refractivity contribution in [2.24, 2.45) is 0 Å². The van der Waals surface area contributed by atoms with E-state index in [0.29, 0.717) is 6.61 Å². The van der Waals surface area contributed by atoms with Crippen molar-refractivity contribution in [2.45, 2.75) is 32.7 Å². The third-order valence-corrected chi connectivity index (χ3v) is 0.982. The number of aliphatic hydroxyl groups excluding tert-OH is 1. The second-order valence-electron chi connectivity index (χ2n) is 2.91. The molecule has 3 nitrogen and oxygen atoms in total. The molecule has 0 radical (unpaired) electrons. The first kappa shape index (κ1) is 9.88. The number of hydrogen-bond acceptors (Lipinski definition) is 3. The minimum atomic E-state index is -0.731. The Labute approximate surface area is 62.0 Å². The van der Waals surface area contributed by atoms with Crippen molar-refractivity contribution in [3.63, 3.8) is 0 Å². The SMILES string of the molecule is COCC(C)(C)OC(C)O. The number of rotatable bonds is 4. The standard InChI is InChI=1S/C7H16O3/c1-6(8)10-7(2,3)5-9-4/h6,8H,5H2,1-4H3. The minimum Gasteiger partial charge on any atom is -0.382 e. The molecule has 0 aliphatic rings. The second kappa shape index (κ2) is 3.91. The van der Waals surface area contributed by atoms with Crippen LogP contribution in [-0.2, 0) is 9.47 Å². The molecule has 0 aromatic heterocycles. The Hall–Kier alpha value is -0.120. The van der Waals surface area contributed by atoms with E-state index in [1.54, 1.807) is 14.0 Å². The molecule has 10 heavy (non-hydrogen) atoms. The van der Waals surface area contributed by atoms with Crippen molar-refractivity contribution in [1.82, 2.24) is 0 Å². The summed E-state index contributed by atoms with van der Waals surface area (Å²) in [6, 6.07) is 0. The fourth-order valence-corrected chi connectivity index (χ4v) is 0.843. The van der Waals surface area contributed by atoms with Crippen molar-refractivity contribution < 1.29 is 14.6 Å². The monoisotopic (exact) mass is 148 g/mol. The molecule has 0 amide bonds. The molecule has 1 N–H and O–H groups in total. The smallest absolute Gasteiger partial charge is 0.152 e. The molecule has 62 valence electrons. The minimum absolute atomic E-state index is 0.400. The molecule has 0 aromatic carbocycles. The van der Waals surface area contributed by atoms with E-state index in [1.807, 2.05) is 13.8 Å². The van der Waals surface area contributed by atoms with E-state index < -0.39 is 11.9 Å². The number of hydrogen-bond donors (Lipinski definition) is 1. The Morgan fingerprint density at radius 1 is 1.50 bits per heavy atom. The summed E-state index contributed by atoms with van der Waals surface area (Å²) in [7, 11) is 1.60. The predicted octanol–water partition coefficient (Wildman–Crippen LogP) is 0.766. The lowest BCUT2D eigenvalue weighted by molar-refractivity contribution is -0.178. The lowest BCUT2D eigenvalue weighted by Crippen LogP contribution is -2.33. The Balaban J connectivity index is 3.63. The summed E-state index contributed by atoms with van der Waals surface area (Å²) >= 11 is 0. The summed E-state index contributed by atoms with van der Waals surface area (Å²) in [5.41, 5.74) is -0.400. The molecule has 0 aliphatic heterocycles. The van der Waals surface area contributed by atoms with Crippen LogP contribution >= 0.6 is 0 Å². The third kappa shape index (κ3) is 4.73. The summed E-state index contributed by atoms with van der Waals surface area (Å²) in [5.74, 6) is 0. The average Bonchev–Trinajstić information content (AvgIpc) is 1.59. The summed E-state index contributed by atoms with van der Waals surface area (Å²) in [6.07, 6.45) is -0.731. The normalized spacial score (nSPS) is 15.3. The van der Waals surface area contributed by atoms with Gasteiger partial charge in [-0.05, 0) is 20.8 Å². The Morgan fingerprint density at radius 2 is 2.00 bits per heavy atom. The third-order valence-electron chi connectivity index (χ3n) is 0.982. The molecule has 0 aliphatic carbocycles. The van der Waals surface area contributed by atoms with Gasteiger partial charge in [-0.2, -0.15) is 0 Å². The van der Waals surface area contributed by atoms with Crippen LogP contribution in [0.15, 0.2) is 0 Å². The van der Waals surface area contributed by atoms with Crippen LogP contribution in [0.5, 0.6) is 0 Å². The van der Waals surface area contributed by atoms with E-state index in [2.05, 4.69) is 0 Å². The summed E-state index contributed by atoms with van der Waals surface area (Å²) in [5, 5.41) is 8.84. The van der Waals surface area contributed by atoms with Gasteiger partial charge in [-0.3, -0.25) is 0 Å². The fraction of sp³-hybridized carbons (Fsp3) is 1.00. The molecule has 1 unspecified atom stereocenters.